The molecule has 0 fully saturated rings. The number of alkyl halides is 2. The predicted molar refractivity (Wildman–Crippen MR) is 114 cm³/mol. The molecule has 0 saturated carbocycles. The van der Waals surface area contributed by atoms with Crippen molar-refractivity contribution in [2.45, 2.75) is 13.5 Å². The molecule has 0 unspecified atom stereocenters. The van der Waals surface area contributed by atoms with Crippen LogP contribution in [0.15, 0.2) is 82.0 Å². The molecule has 156 valence electrons. The third kappa shape index (κ3) is 4.16. The van der Waals surface area contributed by atoms with Gasteiger partial charge in [-0.3, -0.25) is 9.59 Å². The van der Waals surface area contributed by atoms with Gasteiger partial charge in [0.05, 0.1) is 10.9 Å². The highest BCUT2D eigenvalue weighted by Gasteiger charge is 2.18. The molecule has 1 heterocycles. The number of hydrogen-bond donors (Lipinski definition) is 1. The number of ether oxygens (including phenoxy) is 1. The average Bonchev–Trinajstić information content (AvgIpc) is 2.77. The fraction of sp³-hybridized carbons (Fsp3) is 0.0833. The van der Waals surface area contributed by atoms with Gasteiger partial charge in [0.1, 0.15) is 11.5 Å². The Morgan fingerprint density at radius 3 is 2.35 bits per heavy atom. The van der Waals surface area contributed by atoms with E-state index in [9.17, 15) is 18.4 Å². The molecule has 7 heteroatoms. The Kier molecular flexibility index (Phi) is 5.49. The molecule has 0 atom stereocenters. The highest BCUT2D eigenvalue weighted by atomic mass is 19.3. The summed E-state index contributed by atoms with van der Waals surface area (Å²) < 4.78 is 34.9. The SMILES string of the molecule is Cc1c(-c2ccccc2)oc2c(C(=O)Nc3ccc(OC(F)F)cc3)cccc2c1=O. The van der Waals surface area contributed by atoms with E-state index >= 15 is 0 Å². The van der Waals surface area contributed by atoms with E-state index < -0.39 is 12.5 Å². The van der Waals surface area contributed by atoms with Crippen LogP contribution in [0.2, 0.25) is 0 Å². The van der Waals surface area contributed by atoms with E-state index in [1.165, 1.54) is 24.3 Å². The number of benzene rings is 3. The van der Waals surface area contributed by atoms with E-state index in [-0.39, 0.29) is 22.3 Å². The lowest BCUT2D eigenvalue weighted by Gasteiger charge is -2.11. The van der Waals surface area contributed by atoms with Gasteiger partial charge in [0.2, 0.25) is 0 Å². The fourth-order valence-corrected chi connectivity index (χ4v) is 3.27. The topological polar surface area (TPSA) is 68.5 Å². The van der Waals surface area contributed by atoms with Crippen molar-refractivity contribution in [1.82, 2.24) is 0 Å². The second kappa shape index (κ2) is 8.39. The molecule has 0 radical (unpaired) electrons. The van der Waals surface area contributed by atoms with Gasteiger partial charge >= 0.3 is 6.61 Å². The van der Waals surface area contributed by atoms with Crippen LogP contribution < -0.4 is 15.5 Å². The zero-order valence-corrected chi connectivity index (χ0v) is 16.4. The number of amides is 1. The lowest BCUT2D eigenvalue weighted by molar-refractivity contribution is -0.0498. The van der Waals surface area contributed by atoms with Crippen LogP contribution in [0.3, 0.4) is 0 Å². The second-order valence-electron chi connectivity index (χ2n) is 6.79. The molecular weight excluding hydrogens is 404 g/mol. The molecule has 1 N–H and O–H groups in total. The second-order valence-corrected chi connectivity index (χ2v) is 6.79. The summed E-state index contributed by atoms with van der Waals surface area (Å²) >= 11 is 0. The first-order chi connectivity index (χ1) is 14.9. The Balaban J connectivity index is 1.73. The maximum atomic E-state index is 12.9. The Hall–Kier alpha value is -4.00. The normalized spacial score (nSPS) is 11.0. The summed E-state index contributed by atoms with van der Waals surface area (Å²) in [6.45, 7) is -1.25. The Morgan fingerprint density at radius 2 is 1.68 bits per heavy atom. The number of fused-ring (bicyclic) bond motifs is 1. The molecule has 0 aliphatic rings. The molecule has 1 aromatic heterocycles. The third-order valence-electron chi connectivity index (χ3n) is 4.76. The lowest BCUT2D eigenvalue weighted by Crippen LogP contribution is -2.15. The molecule has 0 aliphatic carbocycles. The third-order valence-corrected chi connectivity index (χ3v) is 4.76. The van der Waals surface area contributed by atoms with Gasteiger partial charge in [0, 0.05) is 16.8 Å². The van der Waals surface area contributed by atoms with Crippen molar-refractivity contribution in [3.63, 3.8) is 0 Å². The largest absolute Gasteiger partial charge is 0.455 e. The highest BCUT2D eigenvalue weighted by molar-refractivity contribution is 6.11. The number of nitrogens with one attached hydrogen (secondary N) is 1. The van der Waals surface area contributed by atoms with Crippen molar-refractivity contribution in [3.8, 4) is 17.1 Å². The smallest absolute Gasteiger partial charge is 0.387 e. The van der Waals surface area contributed by atoms with Crippen molar-refractivity contribution < 1.29 is 22.7 Å². The fourth-order valence-electron chi connectivity index (χ4n) is 3.27. The molecule has 0 spiro atoms. The molecule has 4 rings (SSSR count). The van der Waals surface area contributed by atoms with Gasteiger partial charge < -0.3 is 14.5 Å². The van der Waals surface area contributed by atoms with Crippen molar-refractivity contribution in [2.75, 3.05) is 5.32 Å². The summed E-state index contributed by atoms with van der Waals surface area (Å²) in [5.41, 5.74) is 1.69. The molecule has 5 nitrogen and oxygen atoms in total. The summed E-state index contributed by atoms with van der Waals surface area (Å²) in [6, 6.07) is 19.5. The quantitative estimate of drug-likeness (QED) is 0.454. The van der Waals surface area contributed by atoms with Gasteiger partial charge in [-0.15, -0.1) is 0 Å². The van der Waals surface area contributed by atoms with Crippen LogP contribution in [0.5, 0.6) is 5.75 Å². The molecule has 0 bridgehead atoms. The molecule has 1 amide bonds. The zero-order chi connectivity index (χ0) is 22.0. The number of carbonyl (C=O) groups excluding carboxylic acids is 1. The minimum absolute atomic E-state index is 0.0212. The highest BCUT2D eigenvalue weighted by Crippen LogP contribution is 2.28. The maximum Gasteiger partial charge on any atom is 0.387 e. The number of anilines is 1. The molecule has 4 aromatic rings. The zero-order valence-electron chi connectivity index (χ0n) is 16.4. The van der Waals surface area contributed by atoms with E-state index in [0.29, 0.717) is 22.4 Å². The van der Waals surface area contributed by atoms with Crippen molar-refractivity contribution in [3.05, 3.63) is 94.1 Å². The minimum atomic E-state index is -2.93. The number of para-hydroxylation sites is 1. The molecule has 31 heavy (non-hydrogen) atoms. The maximum absolute atomic E-state index is 12.9. The van der Waals surface area contributed by atoms with Gasteiger partial charge in [0.15, 0.2) is 11.0 Å². The average molecular weight is 421 g/mol. The van der Waals surface area contributed by atoms with Crippen molar-refractivity contribution in [1.29, 1.82) is 0 Å². The van der Waals surface area contributed by atoms with Crippen LogP contribution in [0.25, 0.3) is 22.3 Å². The van der Waals surface area contributed by atoms with Crippen LogP contribution in [-0.2, 0) is 0 Å². The first-order valence-electron chi connectivity index (χ1n) is 9.42. The Bertz CT molecular complexity index is 1300. The lowest BCUT2D eigenvalue weighted by atomic mass is 10.0. The van der Waals surface area contributed by atoms with Gasteiger partial charge in [-0.25, -0.2) is 0 Å². The van der Waals surface area contributed by atoms with E-state index in [0.717, 1.165) is 5.56 Å². The van der Waals surface area contributed by atoms with Gasteiger partial charge in [-0.05, 0) is 43.3 Å². The van der Waals surface area contributed by atoms with E-state index in [4.69, 9.17) is 4.42 Å². The van der Waals surface area contributed by atoms with Crippen LogP contribution in [0.1, 0.15) is 15.9 Å². The summed E-state index contributed by atoms with van der Waals surface area (Å²) in [7, 11) is 0. The number of carbonyl (C=O) groups is 1. The van der Waals surface area contributed by atoms with E-state index in [1.807, 2.05) is 30.3 Å². The molecule has 0 aliphatic heterocycles. The van der Waals surface area contributed by atoms with E-state index in [2.05, 4.69) is 10.1 Å². The predicted octanol–water partition coefficient (Wildman–Crippen LogP) is 5.62. The summed E-state index contributed by atoms with van der Waals surface area (Å²) in [5, 5.41) is 2.98. The van der Waals surface area contributed by atoms with Crippen LogP contribution in [0, 0.1) is 6.92 Å². The van der Waals surface area contributed by atoms with Crippen molar-refractivity contribution >= 4 is 22.6 Å². The van der Waals surface area contributed by atoms with Gasteiger partial charge in [-0.1, -0.05) is 36.4 Å². The van der Waals surface area contributed by atoms with Gasteiger partial charge in [-0.2, -0.15) is 8.78 Å². The molecular formula is C24H17F2NO4. The van der Waals surface area contributed by atoms with Crippen LogP contribution >= 0.6 is 0 Å². The standard InChI is InChI=1S/C24H17F2NO4/c1-14-20(28)18-8-5-9-19(22(18)31-21(14)15-6-3-2-4-7-15)23(29)27-16-10-12-17(13-11-16)30-24(25)26/h2-13,24H,1H3,(H,27,29). The number of rotatable bonds is 5. The summed E-state index contributed by atoms with van der Waals surface area (Å²) in [5.74, 6) is -0.127. The Morgan fingerprint density at radius 1 is 0.968 bits per heavy atom. The summed E-state index contributed by atoms with van der Waals surface area (Å²) in [6.07, 6.45) is 0. The van der Waals surface area contributed by atoms with Crippen LogP contribution in [0.4, 0.5) is 14.5 Å². The van der Waals surface area contributed by atoms with Gasteiger partial charge in [0.25, 0.3) is 5.91 Å². The molecule has 0 saturated heterocycles. The van der Waals surface area contributed by atoms with Crippen LogP contribution in [-0.4, -0.2) is 12.5 Å². The van der Waals surface area contributed by atoms with E-state index in [1.54, 1.807) is 25.1 Å². The number of halogens is 2. The first kappa shape index (κ1) is 20.3. The number of hydrogen-bond acceptors (Lipinski definition) is 4. The molecule has 3 aromatic carbocycles. The first-order valence-corrected chi connectivity index (χ1v) is 9.42. The summed E-state index contributed by atoms with van der Waals surface area (Å²) in [4.78, 5) is 25.8. The minimum Gasteiger partial charge on any atom is -0.455 e. The Labute approximate surface area is 175 Å². The monoisotopic (exact) mass is 421 g/mol. The van der Waals surface area contributed by atoms with Crippen molar-refractivity contribution in [2.24, 2.45) is 0 Å².